The number of fused-ring (bicyclic) bond motifs is 1. The number of halogens is 1. The van der Waals surface area contributed by atoms with Gasteiger partial charge in [-0.2, -0.15) is 0 Å². The summed E-state index contributed by atoms with van der Waals surface area (Å²) in [6.07, 6.45) is 2.93. The molecule has 152 valence electrons. The first-order valence-electron chi connectivity index (χ1n) is 9.75. The van der Waals surface area contributed by atoms with Gasteiger partial charge >= 0.3 is 0 Å². The molecule has 0 aliphatic carbocycles. The van der Waals surface area contributed by atoms with Crippen molar-refractivity contribution in [1.82, 2.24) is 14.7 Å². The minimum atomic E-state index is -0.00115. The molecule has 0 spiro atoms. The SMILES string of the molecule is COc1ccc(CNC(=O)CCc2c(-c3ccc(Cl)cc3)nc3ccccn23)cc1. The first-order valence-corrected chi connectivity index (χ1v) is 10.1. The second kappa shape index (κ2) is 9.01. The molecule has 1 amide bonds. The Morgan fingerprint density at radius 1 is 1.07 bits per heavy atom. The molecule has 2 heterocycles. The maximum atomic E-state index is 12.5. The Kier molecular flexibility index (Phi) is 6.00. The predicted octanol–water partition coefficient (Wildman–Crippen LogP) is 4.91. The van der Waals surface area contributed by atoms with Gasteiger partial charge in [-0.25, -0.2) is 4.98 Å². The molecule has 2 aromatic heterocycles. The van der Waals surface area contributed by atoms with Crippen molar-refractivity contribution < 1.29 is 9.53 Å². The predicted molar refractivity (Wildman–Crippen MR) is 119 cm³/mol. The summed E-state index contributed by atoms with van der Waals surface area (Å²) in [7, 11) is 1.63. The zero-order chi connectivity index (χ0) is 20.9. The average molecular weight is 420 g/mol. The number of carbonyl (C=O) groups is 1. The number of methoxy groups -OCH3 is 1. The lowest BCUT2D eigenvalue weighted by molar-refractivity contribution is -0.121. The maximum absolute atomic E-state index is 12.5. The summed E-state index contributed by atoms with van der Waals surface area (Å²) in [5.41, 5.74) is 4.75. The minimum Gasteiger partial charge on any atom is -0.497 e. The average Bonchev–Trinajstić information content (AvgIpc) is 3.15. The number of hydrogen-bond donors (Lipinski definition) is 1. The summed E-state index contributed by atoms with van der Waals surface area (Å²) in [4.78, 5) is 17.3. The van der Waals surface area contributed by atoms with Gasteiger partial charge in [0, 0.05) is 29.7 Å². The monoisotopic (exact) mass is 419 g/mol. The van der Waals surface area contributed by atoms with Crippen LogP contribution in [0.15, 0.2) is 72.9 Å². The Morgan fingerprint density at radius 3 is 2.57 bits per heavy atom. The lowest BCUT2D eigenvalue weighted by atomic mass is 10.1. The first-order chi connectivity index (χ1) is 14.6. The summed E-state index contributed by atoms with van der Waals surface area (Å²) in [5.74, 6) is 0.797. The number of carbonyl (C=O) groups excluding carboxylic acids is 1. The molecular weight excluding hydrogens is 398 g/mol. The third kappa shape index (κ3) is 4.47. The van der Waals surface area contributed by atoms with Crippen molar-refractivity contribution in [2.24, 2.45) is 0 Å². The van der Waals surface area contributed by atoms with Crippen LogP contribution < -0.4 is 10.1 Å². The molecule has 0 unspecified atom stereocenters. The van der Waals surface area contributed by atoms with Gasteiger partial charge in [-0.05, 0) is 48.4 Å². The highest BCUT2D eigenvalue weighted by Crippen LogP contribution is 2.26. The second-order valence-electron chi connectivity index (χ2n) is 6.97. The van der Waals surface area contributed by atoms with Crippen molar-refractivity contribution in [1.29, 1.82) is 0 Å². The van der Waals surface area contributed by atoms with Crippen LogP contribution in [0.1, 0.15) is 17.7 Å². The van der Waals surface area contributed by atoms with E-state index in [1.165, 1.54) is 0 Å². The van der Waals surface area contributed by atoms with Crippen molar-refractivity contribution in [3.63, 3.8) is 0 Å². The van der Waals surface area contributed by atoms with Gasteiger partial charge in [-0.3, -0.25) is 4.79 Å². The Balaban J connectivity index is 1.48. The number of aromatic nitrogens is 2. The van der Waals surface area contributed by atoms with Crippen LogP contribution in [0.5, 0.6) is 5.75 Å². The number of hydrogen-bond acceptors (Lipinski definition) is 3. The highest BCUT2D eigenvalue weighted by Gasteiger charge is 2.15. The highest BCUT2D eigenvalue weighted by atomic mass is 35.5. The van der Waals surface area contributed by atoms with E-state index < -0.39 is 0 Å². The van der Waals surface area contributed by atoms with Crippen molar-refractivity contribution in [2.75, 3.05) is 7.11 Å². The first kappa shape index (κ1) is 20.0. The fourth-order valence-electron chi connectivity index (χ4n) is 3.39. The van der Waals surface area contributed by atoms with E-state index in [2.05, 4.69) is 5.32 Å². The minimum absolute atomic E-state index is 0.00115. The van der Waals surface area contributed by atoms with Gasteiger partial charge in [0.2, 0.25) is 5.91 Å². The molecule has 6 heteroatoms. The van der Waals surface area contributed by atoms with Gasteiger partial charge < -0.3 is 14.5 Å². The molecule has 0 bridgehead atoms. The molecule has 0 aliphatic heterocycles. The normalized spacial score (nSPS) is 10.9. The van der Waals surface area contributed by atoms with Gasteiger partial charge in [-0.15, -0.1) is 0 Å². The van der Waals surface area contributed by atoms with Crippen LogP contribution in [-0.2, 0) is 17.8 Å². The van der Waals surface area contributed by atoms with Crippen molar-refractivity contribution in [2.45, 2.75) is 19.4 Å². The van der Waals surface area contributed by atoms with Gasteiger partial charge in [0.25, 0.3) is 0 Å². The topological polar surface area (TPSA) is 55.6 Å². The summed E-state index contributed by atoms with van der Waals surface area (Å²) in [5, 5.41) is 3.67. The maximum Gasteiger partial charge on any atom is 0.220 e. The van der Waals surface area contributed by atoms with Gasteiger partial charge in [0.1, 0.15) is 11.4 Å². The molecule has 0 aliphatic rings. The number of amides is 1. The van der Waals surface area contributed by atoms with Crippen molar-refractivity contribution >= 4 is 23.2 Å². The molecule has 0 fully saturated rings. The third-order valence-corrected chi connectivity index (χ3v) is 5.24. The number of nitrogens with zero attached hydrogens (tertiary/aromatic N) is 2. The standard InChI is InChI=1S/C24H22ClN3O2/c1-30-20-11-5-17(6-12-20)16-26-23(29)14-13-21-24(18-7-9-19(25)10-8-18)27-22-4-2-3-15-28(21)22/h2-12,15H,13-14,16H2,1H3,(H,26,29). The number of pyridine rings is 1. The van der Waals surface area contributed by atoms with Crippen LogP contribution in [0.4, 0.5) is 0 Å². The smallest absolute Gasteiger partial charge is 0.220 e. The lowest BCUT2D eigenvalue weighted by Crippen LogP contribution is -2.23. The Hall–Kier alpha value is -3.31. The summed E-state index contributed by atoms with van der Waals surface area (Å²) < 4.78 is 7.20. The highest BCUT2D eigenvalue weighted by molar-refractivity contribution is 6.30. The number of benzene rings is 2. The fourth-order valence-corrected chi connectivity index (χ4v) is 3.51. The van der Waals surface area contributed by atoms with Crippen LogP contribution in [0.25, 0.3) is 16.9 Å². The molecule has 0 atom stereocenters. The molecule has 2 aromatic carbocycles. The second-order valence-corrected chi connectivity index (χ2v) is 7.40. The van der Waals surface area contributed by atoms with Crippen molar-refractivity contribution in [3.05, 3.63) is 89.2 Å². The van der Waals surface area contributed by atoms with Crippen LogP contribution in [0, 0.1) is 0 Å². The largest absolute Gasteiger partial charge is 0.497 e. The van der Waals surface area contributed by atoms with E-state index in [4.69, 9.17) is 21.3 Å². The molecule has 0 saturated heterocycles. The fraction of sp³-hybridized carbons (Fsp3) is 0.167. The molecule has 0 saturated carbocycles. The molecule has 0 radical (unpaired) electrons. The van der Waals surface area contributed by atoms with E-state index in [1.54, 1.807) is 7.11 Å². The summed E-state index contributed by atoms with van der Waals surface area (Å²) in [6, 6.07) is 21.2. The van der Waals surface area contributed by atoms with E-state index in [0.717, 1.165) is 33.9 Å². The van der Waals surface area contributed by atoms with Gasteiger partial charge in [0.15, 0.2) is 0 Å². The third-order valence-electron chi connectivity index (χ3n) is 4.98. The molecule has 4 aromatic rings. The number of rotatable bonds is 7. The number of imidazole rings is 1. The van der Waals surface area contributed by atoms with E-state index in [9.17, 15) is 4.79 Å². The van der Waals surface area contributed by atoms with E-state index in [1.807, 2.05) is 77.3 Å². The molecule has 4 rings (SSSR count). The van der Waals surface area contributed by atoms with E-state index in [0.29, 0.717) is 24.4 Å². The van der Waals surface area contributed by atoms with Gasteiger partial charge in [-0.1, -0.05) is 41.9 Å². The zero-order valence-corrected chi connectivity index (χ0v) is 17.4. The van der Waals surface area contributed by atoms with Crippen LogP contribution in [-0.4, -0.2) is 22.4 Å². The van der Waals surface area contributed by atoms with Crippen LogP contribution in [0.2, 0.25) is 5.02 Å². The molecule has 1 N–H and O–H groups in total. The number of aryl methyl sites for hydroxylation is 1. The Bertz CT molecular complexity index is 1150. The summed E-state index contributed by atoms with van der Waals surface area (Å²) >= 11 is 6.04. The zero-order valence-electron chi connectivity index (χ0n) is 16.6. The van der Waals surface area contributed by atoms with Crippen LogP contribution in [0.3, 0.4) is 0 Å². The van der Waals surface area contributed by atoms with Gasteiger partial charge in [0.05, 0.1) is 18.5 Å². The Morgan fingerprint density at radius 2 is 1.83 bits per heavy atom. The number of ether oxygens (including phenoxy) is 1. The quantitative estimate of drug-likeness (QED) is 0.463. The Labute approximate surface area is 180 Å². The van der Waals surface area contributed by atoms with Crippen molar-refractivity contribution in [3.8, 4) is 17.0 Å². The van der Waals surface area contributed by atoms with E-state index in [-0.39, 0.29) is 5.91 Å². The summed E-state index contributed by atoms with van der Waals surface area (Å²) in [6.45, 7) is 0.486. The molecule has 5 nitrogen and oxygen atoms in total. The molecule has 30 heavy (non-hydrogen) atoms. The number of nitrogens with one attached hydrogen (secondary N) is 1. The lowest BCUT2D eigenvalue weighted by Gasteiger charge is -2.08. The van der Waals surface area contributed by atoms with E-state index >= 15 is 0 Å². The molecular formula is C24H22ClN3O2. The van der Waals surface area contributed by atoms with Crippen LogP contribution >= 0.6 is 11.6 Å².